The molecule has 1 atom stereocenters. The summed E-state index contributed by atoms with van der Waals surface area (Å²) in [4.78, 5) is 11.8. The van der Waals surface area contributed by atoms with Crippen LogP contribution in [0.5, 0.6) is 0 Å². The van der Waals surface area contributed by atoms with E-state index in [4.69, 9.17) is 28.9 Å². The maximum Gasteiger partial charge on any atom is 0.220 e. The third-order valence-corrected chi connectivity index (χ3v) is 4.38. The number of aryl methyl sites for hydroxylation is 1. The van der Waals surface area contributed by atoms with Gasteiger partial charge >= 0.3 is 0 Å². The summed E-state index contributed by atoms with van der Waals surface area (Å²) in [5.41, 5.74) is 6.77. The van der Waals surface area contributed by atoms with Crippen molar-refractivity contribution in [2.75, 3.05) is 6.54 Å². The average molecular weight is 352 g/mol. The summed E-state index contributed by atoms with van der Waals surface area (Å²) in [6.07, 6.45) is 4.51. The van der Waals surface area contributed by atoms with Crippen LogP contribution in [0.15, 0.2) is 18.2 Å². The van der Waals surface area contributed by atoms with Crippen LogP contribution >= 0.6 is 35.6 Å². The molecule has 3 N–H and O–H groups in total. The molecule has 1 unspecified atom stereocenters. The molecule has 0 spiro atoms. The maximum absolute atomic E-state index is 11.8. The van der Waals surface area contributed by atoms with Gasteiger partial charge in [-0.05, 0) is 49.3 Å². The smallest absolute Gasteiger partial charge is 0.220 e. The molecule has 6 heteroatoms. The molecule has 0 saturated heterocycles. The van der Waals surface area contributed by atoms with E-state index in [0.29, 0.717) is 28.9 Å². The van der Waals surface area contributed by atoms with Crippen molar-refractivity contribution in [3.8, 4) is 0 Å². The minimum absolute atomic E-state index is 0. The molecule has 21 heavy (non-hydrogen) atoms. The summed E-state index contributed by atoms with van der Waals surface area (Å²) in [5.74, 6) is 0.687. The van der Waals surface area contributed by atoms with Crippen molar-refractivity contribution < 1.29 is 4.79 Å². The number of halogens is 3. The van der Waals surface area contributed by atoms with Crippen molar-refractivity contribution in [1.82, 2.24) is 5.32 Å². The normalized spacial score (nSPS) is 15.2. The molecule has 0 heterocycles. The van der Waals surface area contributed by atoms with E-state index in [9.17, 15) is 4.79 Å². The second-order valence-electron chi connectivity index (χ2n) is 5.35. The number of nitrogens with two attached hydrogens (primary N) is 1. The van der Waals surface area contributed by atoms with Gasteiger partial charge in [-0.2, -0.15) is 0 Å². The number of nitrogens with one attached hydrogen (secondary N) is 1. The number of carbonyl (C=O) groups is 1. The van der Waals surface area contributed by atoms with Gasteiger partial charge < -0.3 is 11.1 Å². The zero-order valence-electron chi connectivity index (χ0n) is 11.8. The van der Waals surface area contributed by atoms with E-state index >= 15 is 0 Å². The van der Waals surface area contributed by atoms with Gasteiger partial charge in [-0.1, -0.05) is 29.3 Å². The number of carbonyl (C=O) groups excluding carboxylic acids is 1. The Kier molecular flexibility index (Phi) is 7.82. The van der Waals surface area contributed by atoms with Gasteiger partial charge in [0.05, 0.1) is 10.0 Å². The summed E-state index contributed by atoms with van der Waals surface area (Å²) in [7, 11) is 0. The molecule has 1 amide bonds. The van der Waals surface area contributed by atoms with Crippen LogP contribution in [0.2, 0.25) is 10.0 Å². The minimum Gasteiger partial charge on any atom is -0.352 e. The van der Waals surface area contributed by atoms with Crippen LogP contribution in [0.25, 0.3) is 0 Å². The third kappa shape index (κ3) is 6.03. The van der Waals surface area contributed by atoms with Crippen molar-refractivity contribution in [2.24, 2.45) is 11.7 Å². The summed E-state index contributed by atoms with van der Waals surface area (Å²) < 4.78 is 0. The van der Waals surface area contributed by atoms with Gasteiger partial charge in [0, 0.05) is 19.0 Å². The van der Waals surface area contributed by atoms with Crippen molar-refractivity contribution in [1.29, 1.82) is 0 Å². The van der Waals surface area contributed by atoms with E-state index < -0.39 is 0 Å². The molecule has 1 aliphatic carbocycles. The maximum atomic E-state index is 11.8. The highest BCUT2D eigenvalue weighted by Crippen LogP contribution is 2.32. The van der Waals surface area contributed by atoms with Crippen molar-refractivity contribution in [3.63, 3.8) is 0 Å². The van der Waals surface area contributed by atoms with Crippen LogP contribution in [-0.2, 0) is 11.2 Å². The standard InChI is InChI=1S/C15H20Cl2N2O.ClH/c16-12-7-4-10(8-13(12)17)2-1-3-15(20)19-14(9-18)11-5-6-11;/h4,7-8,11,14H,1-3,5-6,9,18H2,(H,19,20);1H. The van der Waals surface area contributed by atoms with Crippen LogP contribution < -0.4 is 11.1 Å². The zero-order chi connectivity index (χ0) is 14.5. The first kappa shape index (κ1) is 18.6. The van der Waals surface area contributed by atoms with Gasteiger partial charge in [0.15, 0.2) is 0 Å². The Hall–Kier alpha value is -0.480. The second kappa shape index (κ2) is 8.84. The predicted octanol–water partition coefficient (Wildman–Crippen LogP) is 3.59. The van der Waals surface area contributed by atoms with Gasteiger partial charge in [-0.25, -0.2) is 0 Å². The fourth-order valence-corrected chi connectivity index (χ4v) is 2.62. The largest absolute Gasteiger partial charge is 0.352 e. The highest BCUT2D eigenvalue weighted by Gasteiger charge is 2.30. The van der Waals surface area contributed by atoms with Crippen molar-refractivity contribution >= 4 is 41.5 Å². The van der Waals surface area contributed by atoms with E-state index in [-0.39, 0.29) is 24.4 Å². The van der Waals surface area contributed by atoms with Gasteiger partial charge in [0.25, 0.3) is 0 Å². The molecular formula is C15H21Cl3N2O. The molecular weight excluding hydrogens is 331 g/mol. The van der Waals surface area contributed by atoms with Crippen LogP contribution in [0, 0.1) is 5.92 Å². The topological polar surface area (TPSA) is 55.1 Å². The number of rotatable bonds is 7. The summed E-state index contributed by atoms with van der Waals surface area (Å²) in [6.45, 7) is 0.531. The summed E-state index contributed by atoms with van der Waals surface area (Å²) >= 11 is 11.8. The van der Waals surface area contributed by atoms with Crippen LogP contribution in [0.1, 0.15) is 31.2 Å². The Labute approximate surface area is 142 Å². The molecule has 1 aliphatic rings. The van der Waals surface area contributed by atoms with Crippen molar-refractivity contribution in [3.05, 3.63) is 33.8 Å². The Bertz CT molecular complexity index is 478. The molecule has 118 valence electrons. The van der Waals surface area contributed by atoms with E-state index in [1.807, 2.05) is 12.1 Å². The monoisotopic (exact) mass is 350 g/mol. The average Bonchev–Trinajstić information content (AvgIpc) is 3.24. The predicted molar refractivity (Wildman–Crippen MR) is 90.4 cm³/mol. The SMILES string of the molecule is Cl.NCC(NC(=O)CCCc1ccc(Cl)c(Cl)c1)C1CC1. The summed E-state index contributed by atoms with van der Waals surface area (Å²) in [5, 5.41) is 4.14. The van der Waals surface area contributed by atoms with Gasteiger partial charge in [0.2, 0.25) is 5.91 Å². The second-order valence-corrected chi connectivity index (χ2v) is 6.16. The van der Waals surface area contributed by atoms with E-state index in [2.05, 4.69) is 5.32 Å². The van der Waals surface area contributed by atoms with Gasteiger partial charge in [-0.15, -0.1) is 12.4 Å². The summed E-state index contributed by atoms with van der Waals surface area (Å²) in [6, 6.07) is 5.75. The van der Waals surface area contributed by atoms with Crippen LogP contribution in [0.3, 0.4) is 0 Å². The van der Waals surface area contributed by atoms with Crippen molar-refractivity contribution in [2.45, 2.75) is 38.1 Å². The number of hydrogen-bond donors (Lipinski definition) is 2. The molecule has 1 aromatic carbocycles. The van der Waals surface area contributed by atoms with E-state index in [0.717, 1.165) is 18.4 Å². The number of amides is 1. The Morgan fingerprint density at radius 3 is 2.62 bits per heavy atom. The highest BCUT2D eigenvalue weighted by molar-refractivity contribution is 6.42. The van der Waals surface area contributed by atoms with Gasteiger partial charge in [0.1, 0.15) is 0 Å². The number of hydrogen-bond acceptors (Lipinski definition) is 2. The fourth-order valence-electron chi connectivity index (χ4n) is 2.29. The molecule has 0 aliphatic heterocycles. The molecule has 1 aromatic rings. The van der Waals surface area contributed by atoms with Gasteiger partial charge in [-0.3, -0.25) is 4.79 Å². The lowest BCUT2D eigenvalue weighted by Crippen LogP contribution is -2.41. The third-order valence-electron chi connectivity index (χ3n) is 3.64. The Morgan fingerprint density at radius 2 is 2.05 bits per heavy atom. The minimum atomic E-state index is 0. The molecule has 1 fully saturated rings. The molecule has 0 radical (unpaired) electrons. The van der Waals surface area contributed by atoms with Crippen LogP contribution in [0.4, 0.5) is 0 Å². The first-order valence-electron chi connectivity index (χ1n) is 7.03. The number of benzene rings is 1. The molecule has 0 bridgehead atoms. The van der Waals surface area contributed by atoms with E-state index in [1.165, 1.54) is 12.8 Å². The lowest BCUT2D eigenvalue weighted by atomic mass is 10.1. The highest BCUT2D eigenvalue weighted by atomic mass is 35.5. The lowest BCUT2D eigenvalue weighted by molar-refractivity contribution is -0.122. The molecule has 2 rings (SSSR count). The Balaban J connectivity index is 0.00000220. The zero-order valence-corrected chi connectivity index (χ0v) is 14.1. The lowest BCUT2D eigenvalue weighted by Gasteiger charge is -2.15. The molecule has 0 aromatic heterocycles. The van der Waals surface area contributed by atoms with Crippen LogP contribution in [-0.4, -0.2) is 18.5 Å². The molecule has 1 saturated carbocycles. The molecule has 3 nitrogen and oxygen atoms in total. The fraction of sp³-hybridized carbons (Fsp3) is 0.533. The first-order chi connectivity index (χ1) is 9.60. The Morgan fingerprint density at radius 1 is 1.33 bits per heavy atom. The first-order valence-corrected chi connectivity index (χ1v) is 7.79. The van der Waals surface area contributed by atoms with E-state index in [1.54, 1.807) is 6.07 Å². The quantitative estimate of drug-likeness (QED) is 0.788.